The second-order valence-corrected chi connectivity index (χ2v) is 4.68. The number of aromatic nitrogens is 3. The van der Waals surface area contributed by atoms with E-state index in [1.165, 1.54) is 17.5 Å². The molecule has 0 saturated carbocycles. The predicted molar refractivity (Wildman–Crippen MR) is 71.9 cm³/mol. The minimum Gasteiger partial charge on any atom is -0.395 e. The molecular formula is C12H12N4O2S. The summed E-state index contributed by atoms with van der Waals surface area (Å²) >= 11 is 1.29. The first kappa shape index (κ1) is 13.3. The Labute approximate surface area is 114 Å². The third-order valence-electron chi connectivity index (χ3n) is 2.22. The van der Waals surface area contributed by atoms with Crippen LogP contribution >= 0.6 is 11.3 Å². The lowest BCUT2D eigenvalue weighted by atomic mass is 10.4. The van der Waals surface area contributed by atoms with Crippen LogP contribution in [0.2, 0.25) is 0 Å². The fourth-order valence-corrected chi connectivity index (χ4v) is 2.02. The maximum absolute atomic E-state index is 11.9. The molecule has 2 N–H and O–H groups in total. The van der Waals surface area contributed by atoms with Crippen molar-refractivity contribution in [3.05, 3.63) is 29.3 Å². The van der Waals surface area contributed by atoms with Gasteiger partial charge in [-0.25, -0.2) is 9.97 Å². The van der Waals surface area contributed by atoms with Crippen molar-refractivity contribution < 1.29 is 9.90 Å². The number of amides is 1. The van der Waals surface area contributed by atoms with Gasteiger partial charge in [0, 0.05) is 13.5 Å². The van der Waals surface area contributed by atoms with Crippen molar-refractivity contribution in [1.82, 2.24) is 14.5 Å². The van der Waals surface area contributed by atoms with E-state index in [1.807, 2.05) is 0 Å². The summed E-state index contributed by atoms with van der Waals surface area (Å²) in [7, 11) is 1.75. The Morgan fingerprint density at radius 1 is 1.58 bits per heavy atom. The maximum Gasteiger partial charge on any atom is 0.275 e. The maximum atomic E-state index is 11.9. The van der Waals surface area contributed by atoms with E-state index in [9.17, 15) is 4.79 Å². The van der Waals surface area contributed by atoms with Crippen LogP contribution in [0.3, 0.4) is 0 Å². The zero-order valence-corrected chi connectivity index (χ0v) is 11.1. The number of nitrogens with zero attached hydrogens (tertiary/aromatic N) is 3. The van der Waals surface area contributed by atoms with E-state index in [-0.39, 0.29) is 12.5 Å². The highest BCUT2D eigenvalue weighted by Gasteiger charge is 2.11. The van der Waals surface area contributed by atoms with Crippen LogP contribution in [0.4, 0.5) is 5.13 Å². The molecule has 0 spiro atoms. The molecule has 2 heterocycles. The zero-order valence-electron chi connectivity index (χ0n) is 10.3. The van der Waals surface area contributed by atoms with Crippen LogP contribution in [0.1, 0.15) is 21.8 Å². The third kappa shape index (κ3) is 3.40. The highest BCUT2D eigenvalue weighted by Crippen LogP contribution is 2.17. The van der Waals surface area contributed by atoms with Crippen LogP contribution in [0.5, 0.6) is 0 Å². The first-order valence-electron chi connectivity index (χ1n) is 5.54. The van der Waals surface area contributed by atoms with Crippen LogP contribution < -0.4 is 5.32 Å². The Bertz CT molecular complexity index is 635. The number of nitrogens with one attached hydrogen (secondary N) is 1. The highest BCUT2D eigenvalue weighted by molar-refractivity contribution is 7.16. The topological polar surface area (TPSA) is 80.0 Å². The van der Waals surface area contributed by atoms with E-state index in [2.05, 4.69) is 27.1 Å². The van der Waals surface area contributed by atoms with Crippen LogP contribution in [0.25, 0.3) is 0 Å². The molecule has 0 bridgehead atoms. The molecule has 2 aromatic heterocycles. The van der Waals surface area contributed by atoms with Gasteiger partial charge >= 0.3 is 0 Å². The predicted octanol–water partition coefficient (Wildman–Crippen LogP) is 0.863. The Morgan fingerprint density at radius 3 is 3.11 bits per heavy atom. The molecule has 1 amide bonds. The van der Waals surface area contributed by atoms with Gasteiger partial charge in [0.15, 0.2) is 5.13 Å². The number of imidazole rings is 1. The van der Waals surface area contributed by atoms with E-state index in [0.29, 0.717) is 17.2 Å². The highest BCUT2D eigenvalue weighted by atomic mass is 32.1. The summed E-state index contributed by atoms with van der Waals surface area (Å²) in [4.78, 5) is 20.6. The first-order chi connectivity index (χ1) is 9.20. The SMILES string of the molecule is Cn1cncc1C(=O)Nc1ncc(C#CCCO)s1. The molecule has 98 valence electrons. The van der Waals surface area contributed by atoms with Crippen molar-refractivity contribution in [3.63, 3.8) is 0 Å². The molecule has 19 heavy (non-hydrogen) atoms. The van der Waals surface area contributed by atoms with Crippen molar-refractivity contribution in [2.75, 3.05) is 11.9 Å². The summed E-state index contributed by atoms with van der Waals surface area (Å²) in [5.74, 6) is 5.40. The summed E-state index contributed by atoms with van der Waals surface area (Å²) in [6.45, 7) is 0.0376. The molecule has 0 fully saturated rings. The molecule has 0 aliphatic rings. The lowest BCUT2D eigenvalue weighted by molar-refractivity contribution is 0.101. The van der Waals surface area contributed by atoms with Gasteiger partial charge in [-0.1, -0.05) is 23.2 Å². The van der Waals surface area contributed by atoms with Gasteiger partial charge in [-0.05, 0) is 0 Å². The first-order valence-corrected chi connectivity index (χ1v) is 6.35. The molecule has 7 heteroatoms. The number of carbonyl (C=O) groups is 1. The molecule has 0 aromatic carbocycles. The van der Waals surface area contributed by atoms with Crippen molar-refractivity contribution in [3.8, 4) is 11.8 Å². The van der Waals surface area contributed by atoms with Crippen LogP contribution in [0.15, 0.2) is 18.7 Å². The standard InChI is InChI=1S/C12H12N4O2S/c1-16-8-13-7-10(16)11(18)15-12-14-6-9(19-12)4-2-3-5-17/h6-8,17H,3,5H2,1H3,(H,14,15,18). The van der Waals surface area contributed by atoms with Crippen LogP contribution in [-0.2, 0) is 7.05 Å². The molecular weight excluding hydrogens is 264 g/mol. The fourth-order valence-electron chi connectivity index (χ4n) is 1.33. The van der Waals surface area contributed by atoms with E-state index < -0.39 is 0 Å². The van der Waals surface area contributed by atoms with Gasteiger partial charge in [0.25, 0.3) is 5.91 Å². The van der Waals surface area contributed by atoms with Crippen molar-refractivity contribution in [1.29, 1.82) is 0 Å². The van der Waals surface area contributed by atoms with Gasteiger partial charge in [0.05, 0.1) is 30.2 Å². The molecule has 2 aromatic rings. The number of anilines is 1. The summed E-state index contributed by atoms with van der Waals surface area (Å²) in [5, 5.41) is 11.8. The van der Waals surface area contributed by atoms with Gasteiger partial charge in [0.2, 0.25) is 0 Å². The number of aryl methyl sites for hydroxylation is 1. The minimum atomic E-state index is -0.260. The lowest BCUT2D eigenvalue weighted by Crippen LogP contribution is -2.14. The Morgan fingerprint density at radius 2 is 2.42 bits per heavy atom. The Hall–Kier alpha value is -2.17. The molecule has 0 aliphatic carbocycles. The monoisotopic (exact) mass is 276 g/mol. The molecule has 2 rings (SSSR count). The number of rotatable bonds is 3. The van der Waals surface area contributed by atoms with Crippen molar-refractivity contribution in [2.45, 2.75) is 6.42 Å². The van der Waals surface area contributed by atoms with Crippen molar-refractivity contribution in [2.24, 2.45) is 7.05 Å². The van der Waals surface area contributed by atoms with E-state index in [4.69, 9.17) is 5.11 Å². The van der Waals surface area contributed by atoms with Crippen molar-refractivity contribution >= 4 is 22.4 Å². The molecule has 0 atom stereocenters. The summed E-state index contributed by atoms with van der Waals surface area (Å²) in [5.41, 5.74) is 0.461. The summed E-state index contributed by atoms with van der Waals surface area (Å²) in [6.07, 6.45) is 5.07. The number of aliphatic hydroxyl groups is 1. The average molecular weight is 276 g/mol. The molecule has 6 nitrogen and oxygen atoms in total. The minimum absolute atomic E-state index is 0.0376. The normalized spacial score (nSPS) is 9.79. The molecule has 0 saturated heterocycles. The summed E-state index contributed by atoms with van der Waals surface area (Å²) in [6, 6.07) is 0. The lowest BCUT2D eigenvalue weighted by Gasteiger charge is -2.00. The zero-order chi connectivity index (χ0) is 13.7. The fraction of sp³-hybridized carbons (Fsp3) is 0.250. The number of hydrogen-bond acceptors (Lipinski definition) is 5. The number of hydrogen-bond donors (Lipinski definition) is 2. The molecule has 0 radical (unpaired) electrons. The Kier molecular flexibility index (Phi) is 4.28. The average Bonchev–Trinajstić information content (AvgIpc) is 2.99. The van der Waals surface area contributed by atoms with Crippen LogP contribution in [0, 0.1) is 11.8 Å². The van der Waals surface area contributed by atoms with E-state index >= 15 is 0 Å². The number of carbonyl (C=O) groups excluding carboxylic acids is 1. The quantitative estimate of drug-likeness (QED) is 0.815. The van der Waals surface area contributed by atoms with Gasteiger partial charge in [-0.3, -0.25) is 10.1 Å². The number of aliphatic hydroxyl groups excluding tert-OH is 1. The molecule has 0 unspecified atom stereocenters. The summed E-state index contributed by atoms with van der Waals surface area (Å²) < 4.78 is 1.63. The molecule has 0 aliphatic heterocycles. The second-order valence-electron chi connectivity index (χ2n) is 3.65. The van der Waals surface area contributed by atoms with Gasteiger partial charge in [-0.2, -0.15) is 0 Å². The van der Waals surface area contributed by atoms with E-state index in [0.717, 1.165) is 4.88 Å². The Balaban J connectivity index is 2.03. The van der Waals surface area contributed by atoms with Gasteiger partial charge in [-0.15, -0.1) is 0 Å². The smallest absolute Gasteiger partial charge is 0.275 e. The third-order valence-corrected chi connectivity index (χ3v) is 3.05. The largest absolute Gasteiger partial charge is 0.395 e. The second kappa shape index (κ2) is 6.13. The van der Waals surface area contributed by atoms with E-state index in [1.54, 1.807) is 24.1 Å². The van der Waals surface area contributed by atoms with Gasteiger partial charge < -0.3 is 9.67 Å². The van der Waals surface area contributed by atoms with Gasteiger partial charge in [0.1, 0.15) is 5.69 Å². The number of thiazole rings is 1. The van der Waals surface area contributed by atoms with Crippen LogP contribution in [-0.4, -0.2) is 32.2 Å².